The zero-order chi connectivity index (χ0) is 11.3. The molecule has 0 amide bonds. The van der Waals surface area contributed by atoms with Crippen molar-refractivity contribution in [3.8, 4) is 0 Å². The number of nitrogens with one attached hydrogen (secondary N) is 1. The van der Waals surface area contributed by atoms with Gasteiger partial charge in [-0.05, 0) is 40.0 Å². The molecule has 1 heterocycles. The molecule has 0 aliphatic carbocycles. The summed E-state index contributed by atoms with van der Waals surface area (Å²) < 4.78 is 0. The number of hydrazine groups is 1. The molecule has 0 bridgehead atoms. The SMILES string of the molecule is C=CCC(NN)C1CN(C)CCCN1C. The molecule has 0 aromatic carbocycles. The highest BCUT2D eigenvalue weighted by atomic mass is 15.3. The van der Waals surface area contributed by atoms with Gasteiger partial charge in [0.05, 0.1) is 0 Å². The number of likely N-dealkylation sites (N-methyl/N-ethyl adjacent to an activating group) is 2. The number of hydrogen-bond donors (Lipinski definition) is 2. The van der Waals surface area contributed by atoms with Crippen LogP contribution in [0.25, 0.3) is 0 Å². The summed E-state index contributed by atoms with van der Waals surface area (Å²) in [6.07, 6.45) is 4.08. The fourth-order valence-corrected chi connectivity index (χ4v) is 2.26. The molecule has 4 nitrogen and oxygen atoms in total. The Balaban J connectivity index is 2.64. The van der Waals surface area contributed by atoms with Crippen molar-refractivity contribution in [2.24, 2.45) is 5.84 Å². The monoisotopic (exact) mass is 212 g/mol. The second-order valence-electron chi connectivity index (χ2n) is 4.46. The Morgan fingerprint density at radius 3 is 2.87 bits per heavy atom. The highest BCUT2D eigenvalue weighted by molar-refractivity contribution is 4.90. The molecule has 2 atom stereocenters. The number of nitrogens with two attached hydrogens (primary N) is 1. The summed E-state index contributed by atoms with van der Waals surface area (Å²) in [5.41, 5.74) is 2.91. The molecule has 0 aromatic rings. The van der Waals surface area contributed by atoms with Crippen LogP contribution in [0.2, 0.25) is 0 Å². The first kappa shape index (κ1) is 12.6. The first-order valence-corrected chi connectivity index (χ1v) is 5.64. The van der Waals surface area contributed by atoms with Crippen molar-refractivity contribution in [3.05, 3.63) is 12.7 Å². The molecule has 2 unspecified atom stereocenters. The van der Waals surface area contributed by atoms with E-state index in [2.05, 4.69) is 35.9 Å². The fourth-order valence-electron chi connectivity index (χ4n) is 2.26. The maximum absolute atomic E-state index is 5.61. The maximum Gasteiger partial charge on any atom is 0.0412 e. The lowest BCUT2D eigenvalue weighted by Crippen LogP contribution is -2.54. The lowest BCUT2D eigenvalue weighted by Gasteiger charge is -2.33. The molecule has 0 spiro atoms. The quantitative estimate of drug-likeness (QED) is 0.392. The molecule has 3 N–H and O–H groups in total. The summed E-state index contributed by atoms with van der Waals surface area (Å²) in [5.74, 6) is 5.61. The van der Waals surface area contributed by atoms with Crippen LogP contribution in [0.1, 0.15) is 12.8 Å². The Bertz CT molecular complexity index is 195. The van der Waals surface area contributed by atoms with E-state index in [9.17, 15) is 0 Å². The van der Waals surface area contributed by atoms with Crippen LogP contribution in [-0.4, -0.2) is 55.6 Å². The maximum atomic E-state index is 5.61. The van der Waals surface area contributed by atoms with E-state index >= 15 is 0 Å². The molecule has 88 valence electrons. The molecule has 4 heteroatoms. The summed E-state index contributed by atoms with van der Waals surface area (Å²) >= 11 is 0. The lowest BCUT2D eigenvalue weighted by atomic mass is 10.0. The van der Waals surface area contributed by atoms with Crippen LogP contribution < -0.4 is 11.3 Å². The molecule has 1 rings (SSSR count). The normalized spacial score (nSPS) is 27.3. The van der Waals surface area contributed by atoms with Crippen molar-refractivity contribution in [2.75, 3.05) is 33.7 Å². The summed E-state index contributed by atoms with van der Waals surface area (Å²) in [4.78, 5) is 4.78. The summed E-state index contributed by atoms with van der Waals surface area (Å²) in [5, 5.41) is 0. The zero-order valence-electron chi connectivity index (χ0n) is 9.95. The molecule has 0 radical (unpaired) electrons. The second-order valence-corrected chi connectivity index (χ2v) is 4.46. The van der Waals surface area contributed by atoms with Crippen molar-refractivity contribution in [3.63, 3.8) is 0 Å². The minimum Gasteiger partial charge on any atom is -0.305 e. The van der Waals surface area contributed by atoms with Gasteiger partial charge in [-0.3, -0.25) is 11.3 Å². The Hall–Kier alpha value is -0.420. The first-order valence-electron chi connectivity index (χ1n) is 5.64. The Labute approximate surface area is 93.1 Å². The average Bonchev–Trinajstić information content (AvgIpc) is 2.37. The van der Waals surface area contributed by atoms with Gasteiger partial charge in [-0.2, -0.15) is 0 Å². The Morgan fingerprint density at radius 1 is 1.53 bits per heavy atom. The minimum atomic E-state index is 0.299. The van der Waals surface area contributed by atoms with Gasteiger partial charge in [0, 0.05) is 18.6 Å². The van der Waals surface area contributed by atoms with E-state index in [1.165, 1.54) is 13.0 Å². The summed E-state index contributed by atoms with van der Waals surface area (Å²) in [7, 11) is 4.35. The molecule has 1 saturated heterocycles. The van der Waals surface area contributed by atoms with Crippen LogP contribution in [0.15, 0.2) is 12.7 Å². The standard InChI is InChI=1S/C11H24N4/c1-4-6-10(13-12)11-9-14(2)7-5-8-15(11)3/h4,10-11,13H,1,5-9,12H2,2-3H3. The van der Waals surface area contributed by atoms with E-state index in [0.717, 1.165) is 19.5 Å². The molecule has 1 fully saturated rings. The van der Waals surface area contributed by atoms with Crippen LogP contribution in [0.4, 0.5) is 0 Å². The summed E-state index contributed by atoms with van der Waals surface area (Å²) in [6, 6.07) is 0.772. The van der Waals surface area contributed by atoms with Gasteiger partial charge >= 0.3 is 0 Å². The largest absolute Gasteiger partial charge is 0.305 e. The number of nitrogens with zero attached hydrogens (tertiary/aromatic N) is 2. The van der Waals surface area contributed by atoms with Crippen molar-refractivity contribution in [2.45, 2.75) is 24.9 Å². The highest BCUT2D eigenvalue weighted by Crippen LogP contribution is 2.12. The molecular formula is C11H24N4. The van der Waals surface area contributed by atoms with Gasteiger partial charge in [0.25, 0.3) is 0 Å². The first-order chi connectivity index (χ1) is 7.19. The van der Waals surface area contributed by atoms with Gasteiger partial charge in [-0.1, -0.05) is 6.08 Å². The molecule has 0 aromatic heterocycles. The van der Waals surface area contributed by atoms with Gasteiger partial charge in [0.15, 0.2) is 0 Å². The fraction of sp³-hybridized carbons (Fsp3) is 0.818. The van der Waals surface area contributed by atoms with Crippen LogP contribution in [0, 0.1) is 0 Å². The number of rotatable bonds is 4. The van der Waals surface area contributed by atoms with Crippen molar-refractivity contribution < 1.29 is 0 Å². The van der Waals surface area contributed by atoms with Gasteiger partial charge in [-0.15, -0.1) is 6.58 Å². The Morgan fingerprint density at radius 2 is 2.27 bits per heavy atom. The number of hydrogen-bond acceptors (Lipinski definition) is 4. The molecular weight excluding hydrogens is 188 g/mol. The molecule has 1 aliphatic rings. The van der Waals surface area contributed by atoms with Crippen LogP contribution in [0.5, 0.6) is 0 Å². The van der Waals surface area contributed by atoms with Crippen molar-refractivity contribution in [1.82, 2.24) is 15.2 Å². The smallest absolute Gasteiger partial charge is 0.0412 e. The third-order valence-corrected chi connectivity index (χ3v) is 3.21. The zero-order valence-corrected chi connectivity index (χ0v) is 9.95. The predicted octanol–water partition coefficient (Wildman–Crippen LogP) is 0.0303. The third kappa shape index (κ3) is 3.57. The van der Waals surface area contributed by atoms with Crippen molar-refractivity contribution in [1.29, 1.82) is 0 Å². The second kappa shape index (κ2) is 6.23. The minimum absolute atomic E-state index is 0.299. The van der Waals surface area contributed by atoms with E-state index in [4.69, 9.17) is 5.84 Å². The van der Waals surface area contributed by atoms with Crippen LogP contribution in [-0.2, 0) is 0 Å². The third-order valence-electron chi connectivity index (χ3n) is 3.21. The van der Waals surface area contributed by atoms with E-state index in [1.807, 2.05) is 6.08 Å². The Kier molecular flexibility index (Phi) is 5.25. The lowest BCUT2D eigenvalue weighted by molar-refractivity contribution is 0.178. The van der Waals surface area contributed by atoms with Crippen LogP contribution in [0.3, 0.4) is 0 Å². The molecule has 15 heavy (non-hydrogen) atoms. The molecule has 1 aliphatic heterocycles. The van der Waals surface area contributed by atoms with E-state index < -0.39 is 0 Å². The van der Waals surface area contributed by atoms with Crippen LogP contribution >= 0.6 is 0 Å². The predicted molar refractivity (Wildman–Crippen MR) is 64.5 cm³/mol. The van der Waals surface area contributed by atoms with E-state index in [-0.39, 0.29) is 0 Å². The molecule has 0 saturated carbocycles. The topological polar surface area (TPSA) is 44.5 Å². The van der Waals surface area contributed by atoms with E-state index in [1.54, 1.807) is 0 Å². The average molecular weight is 212 g/mol. The van der Waals surface area contributed by atoms with Gasteiger partial charge < -0.3 is 9.80 Å². The van der Waals surface area contributed by atoms with Gasteiger partial charge in [0.2, 0.25) is 0 Å². The highest BCUT2D eigenvalue weighted by Gasteiger charge is 2.26. The van der Waals surface area contributed by atoms with Gasteiger partial charge in [0.1, 0.15) is 0 Å². The van der Waals surface area contributed by atoms with Crippen molar-refractivity contribution >= 4 is 0 Å². The van der Waals surface area contributed by atoms with Gasteiger partial charge in [-0.25, -0.2) is 0 Å². The van der Waals surface area contributed by atoms with E-state index in [0.29, 0.717) is 12.1 Å². The summed E-state index contributed by atoms with van der Waals surface area (Å²) in [6.45, 7) is 7.17.